The largest absolute Gasteiger partial charge is 0.390 e. The van der Waals surface area contributed by atoms with Gasteiger partial charge in [-0.1, -0.05) is 31.4 Å². The Kier molecular flexibility index (Phi) is 7.47. The van der Waals surface area contributed by atoms with E-state index in [1.54, 1.807) is 0 Å². The highest BCUT2D eigenvalue weighted by molar-refractivity contribution is 5.16. The summed E-state index contributed by atoms with van der Waals surface area (Å²) in [7, 11) is 0. The molecule has 2 rings (SSSR count). The third-order valence-corrected chi connectivity index (χ3v) is 4.94. The molecule has 0 aromatic heterocycles. The van der Waals surface area contributed by atoms with Crippen LogP contribution in [-0.2, 0) is 6.42 Å². The van der Waals surface area contributed by atoms with Crippen molar-refractivity contribution >= 4 is 0 Å². The predicted octanol–water partition coefficient (Wildman–Crippen LogP) is 3.10. The minimum atomic E-state index is -0.470. The molecule has 0 spiro atoms. The van der Waals surface area contributed by atoms with Gasteiger partial charge >= 0.3 is 0 Å². The van der Waals surface area contributed by atoms with E-state index in [9.17, 15) is 9.50 Å². The van der Waals surface area contributed by atoms with Crippen molar-refractivity contribution in [2.24, 2.45) is 5.73 Å². The number of rotatable bonds is 8. The lowest BCUT2D eigenvalue weighted by Crippen LogP contribution is -2.47. The van der Waals surface area contributed by atoms with Crippen LogP contribution < -0.4 is 5.73 Å². The van der Waals surface area contributed by atoms with E-state index >= 15 is 0 Å². The maximum absolute atomic E-state index is 13.0. The molecule has 3 nitrogen and oxygen atoms in total. The van der Waals surface area contributed by atoms with Crippen LogP contribution in [0.15, 0.2) is 24.3 Å². The molecule has 3 N–H and O–H groups in total. The second-order valence-corrected chi connectivity index (χ2v) is 6.94. The number of hydrogen-bond donors (Lipinski definition) is 2. The van der Waals surface area contributed by atoms with Gasteiger partial charge in [0.15, 0.2) is 0 Å². The van der Waals surface area contributed by atoms with E-state index < -0.39 is 6.10 Å². The number of nitrogens with two attached hydrogens (primary N) is 1. The van der Waals surface area contributed by atoms with Gasteiger partial charge in [-0.25, -0.2) is 4.39 Å². The minimum Gasteiger partial charge on any atom is -0.390 e. The molecule has 0 bridgehead atoms. The van der Waals surface area contributed by atoms with Crippen LogP contribution in [0.5, 0.6) is 0 Å². The van der Waals surface area contributed by atoms with E-state index in [4.69, 9.17) is 5.73 Å². The molecule has 1 aromatic rings. The zero-order valence-corrected chi connectivity index (χ0v) is 14.3. The molecule has 130 valence electrons. The smallest absolute Gasteiger partial charge is 0.123 e. The zero-order chi connectivity index (χ0) is 16.7. The van der Waals surface area contributed by atoms with Crippen LogP contribution in [0.3, 0.4) is 0 Å². The summed E-state index contributed by atoms with van der Waals surface area (Å²) in [6.45, 7) is 3.49. The van der Waals surface area contributed by atoms with E-state index in [1.165, 1.54) is 49.8 Å². The van der Waals surface area contributed by atoms with Crippen molar-refractivity contribution in [2.45, 2.75) is 70.1 Å². The van der Waals surface area contributed by atoms with Gasteiger partial charge in [0.25, 0.3) is 0 Å². The number of aliphatic hydroxyl groups excluding tert-OH is 1. The second kappa shape index (κ2) is 9.36. The molecule has 23 heavy (non-hydrogen) atoms. The summed E-state index contributed by atoms with van der Waals surface area (Å²) in [5.74, 6) is -0.183. The standard InChI is InChI=1S/C19H31FN2O/c1-15(21)19(23)14-22(18-7-3-2-4-8-18)13-5-6-16-9-11-17(20)12-10-16/h9-12,15,18-19,23H,2-8,13-14,21H2,1H3/t15-,19+/m1/s1. The summed E-state index contributed by atoms with van der Waals surface area (Å²) >= 11 is 0. The Morgan fingerprint density at radius 3 is 2.48 bits per heavy atom. The van der Waals surface area contributed by atoms with Gasteiger partial charge in [0.1, 0.15) is 5.82 Å². The van der Waals surface area contributed by atoms with Crippen LogP contribution in [0.2, 0.25) is 0 Å². The molecule has 0 heterocycles. The molecule has 2 atom stereocenters. The normalized spacial score (nSPS) is 19.0. The molecule has 4 heteroatoms. The van der Waals surface area contributed by atoms with Crippen LogP contribution in [0.4, 0.5) is 4.39 Å². The highest BCUT2D eigenvalue weighted by Gasteiger charge is 2.24. The summed E-state index contributed by atoms with van der Waals surface area (Å²) in [4.78, 5) is 2.43. The monoisotopic (exact) mass is 322 g/mol. The average Bonchev–Trinajstić information content (AvgIpc) is 2.56. The molecule has 0 amide bonds. The van der Waals surface area contributed by atoms with Crippen LogP contribution in [0, 0.1) is 5.82 Å². The van der Waals surface area contributed by atoms with Crippen LogP contribution >= 0.6 is 0 Å². The molecule has 0 saturated heterocycles. The molecule has 0 unspecified atom stereocenters. The average molecular weight is 322 g/mol. The van der Waals surface area contributed by atoms with E-state index in [-0.39, 0.29) is 11.9 Å². The van der Waals surface area contributed by atoms with E-state index in [0.29, 0.717) is 12.6 Å². The number of halogens is 1. The molecule has 1 aliphatic rings. The van der Waals surface area contributed by atoms with Crippen LogP contribution in [0.1, 0.15) is 51.0 Å². The Morgan fingerprint density at radius 2 is 1.87 bits per heavy atom. The molecule has 1 aliphatic carbocycles. The van der Waals surface area contributed by atoms with Gasteiger partial charge in [0, 0.05) is 18.6 Å². The van der Waals surface area contributed by atoms with Crippen molar-refractivity contribution in [3.8, 4) is 0 Å². The fourth-order valence-electron chi connectivity index (χ4n) is 3.41. The second-order valence-electron chi connectivity index (χ2n) is 6.94. The third kappa shape index (κ3) is 6.21. The Morgan fingerprint density at radius 1 is 1.22 bits per heavy atom. The van der Waals surface area contributed by atoms with Crippen molar-refractivity contribution in [1.29, 1.82) is 0 Å². The lowest BCUT2D eigenvalue weighted by Gasteiger charge is -2.36. The fraction of sp³-hybridized carbons (Fsp3) is 0.684. The van der Waals surface area contributed by atoms with Gasteiger partial charge in [0.05, 0.1) is 6.10 Å². The fourth-order valence-corrected chi connectivity index (χ4v) is 3.41. The minimum absolute atomic E-state index is 0.183. The van der Waals surface area contributed by atoms with Crippen molar-refractivity contribution in [3.05, 3.63) is 35.6 Å². The first-order valence-corrected chi connectivity index (χ1v) is 8.98. The van der Waals surface area contributed by atoms with Gasteiger partial charge in [0.2, 0.25) is 0 Å². The Bertz CT molecular complexity index is 443. The first-order chi connectivity index (χ1) is 11.1. The molecule has 1 saturated carbocycles. The summed E-state index contributed by atoms with van der Waals surface area (Å²) in [6.07, 6.45) is 7.84. The number of aliphatic hydroxyl groups is 1. The summed E-state index contributed by atoms with van der Waals surface area (Å²) in [5, 5.41) is 10.2. The van der Waals surface area contributed by atoms with Crippen molar-refractivity contribution < 1.29 is 9.50 Å². The number of nitrogens with zero attached hydrogens (tertiary/aromatic N) is 1. The summed E-state index contributed by atoms with van der Waals surface area (Å²) in [6, 6.07) is 7.14. The summed E-state index contributed by atoms with van der Waals surface area (Å²) in [5.41, 5.74) is 7.00. The van der Waals surface area contributed by atoms with Crippen molar-refractivity contribution in [2.75, 3.05) is 13.1 Å². The highest BCUT2D eigenvalue weighted by Crippen LogP contribution is 2.23. The molecule has 1 fully saturated rings. The first kappa shape index (κ1) is 18.4. The summed E-state index contributed by atoms with van der Waals surface area (Å²) < 4.78 is 13.0. The third-order valence-electron chi connectivity index (χ3n) is 4.94. The van der Waals surface area contributed by atoms with Gasteiger partial charge in [-0.2, -0.15) is 0 Å². The van der Waals surface area contributed by atoms with Crippen LogP contribution in [-0.4, -0.2) is 41.3 Å². The van der Waals surface area contributed by atoms with E-state index in [0.717, 1.165) is 19.4 Å². The Labute approximate surface area is 139 Å². The van der Waals surface area contributed by atoms with Crippen molar-refractivity contribution in [3.63, 3.8) is 0 Å². The number of hydrogen-bond acceptors (Lipinski definition) is 3. The van der Waals surface area contributed by atoms with Crippen molar-refractivity contribution in [1.82, 2.24) is 4.90 Å². The van der Waals surface area contributed by atoms with Gasteiger partial charge in [-0.3, -0.25) is 4.90 Å². The Hall–Kier alpha value is -0.970. The highest BCUT2D eigenvalue weighted by atomic mass is 19.1. The van der Waals surface area contributed by atoms with Gasteiger partial charge in [-0.15, -0.1) is 0 Å². The molecular formula is C19H31FN2O. The Balaban J connectivity index is 1.86. The lowest BCUT2D eigenvalue weighted by atomic mass is 9.93. The van der Waals surface area contributed by atoms with Gasteiger partial charge in [-0.05, 0) is 56.8 Å². The number of aryl methyl sites for hydroxylation is 1. The van der Waals surface area contributed by atoms with E-state index in [1.807, 2.05) is 19.1 Å². The molecule has 0 aliphatic heterocycles. The SMILES string of the molecule is C[C@@H](N)[C@@H](O)CN(CCCc1ccc(F)cc1)C1CCCCC1. The number of benzene rings is 1. The first-order valence-electron chi connectivity index (χ1n) is 8.98. The van der Waals surface area contributed by atoms with E-state index in [2.05, 4.69) is 4.90 Å². The molecule has 0 radical (unpaired) electrons. The molecular weight excluding hydrogens is 291 g/mol. The predicted molar refractivity (Wildman–Crippen MR) is 92.8 cm³/mol. The topological polar surface area (TPSA) is 49.5 Å². The maximum Gasteiger partial charge on any atom is 0.123 e. The van der Waals surface area contributed by atoms with Gasteiger partial charge < -0.3 is 10.8 Å². The zero-order valence-electron chi connectivity index (χ0n) is 14.3. The molecule has 1 aromatic carbocycles. The van der Waals surface area contributed by atoms with Crippen LogP contribution in [0.25, 0.3) is 0 Å². The quantitative estimate of drug-likeness (QED) is 0.773. The maximum atomic E-state index is 13.0. The lowest BCUT2D eigenvalue weighted by molar-refractivity contribution is 0.0611.